The number of rotatable bonds is 4. The molecule has 1 heterocycles. The van der Waals surface area contributed by atoms with Gasteiger partial charge in [-0.05, 0) is 29.8 Å². The average Bonchev–Trinajstić information content (AvgIpc) is 2.72. The predicted molar refractivity (Wildman–Crippen MR) is 104 cm³/mol. The molecule has 0 saturated heterocycles. The van der Waals surface area contributed by atoms with Crippen molar-refractivity contribution in [3.63, 3.8) is 0 Å². The Kier molecular flexibility index (Phi) is 4.53. The van der Waals surface area contributed by atoms with Gasteiger partial charge < -0.3 is 4.74 Å². The second kappa shape index (κ2) is 7.29. The van der Waals surface area contributed by atoms with E-state index in [1.807, 2.05) is 54.6 Å². The number of hydrogen-bond donors (Lipinski definition) is 1. The highest BCUT2D eigenvalue weighted by atomic mass is 16.6. The van der Waals surface area contributed by atoms with E-state index >= 15 is 0 Å². The fraction of sp³-hybridized carbons (Fsp3) is 0.0952. The van der Waals surface area contributed by atoms with Crippen molar-refractivity contribution in [2.45, 2.75) is 12.5 Å². The Hall–Kier alpha value is -3.67. The smallest absolute Gasteiger partial charge is 0.269 e. The summed E-state index contributed by atoms with van der Waals surface area (Å²) in [6.07, 6.45) is 0.514. The highest BCUT2D eigenvalue weighted by molar-refractivity contribution is 6.04. The van der Waals surface area contributed by atoms with Crippen LogP contribution in [0.3, 0.4) is 0 Å². The second-order valence-electron chi connectivity index (χ2n) is 6.19. The summed E-state index contributed by atoms with van der Waals surface area (Å²) >= 11 is 0. The van der Waals surface area contributed by atoms with Crippen molar-refractivity contribution < 1.29 is 9.66 Å². The first-order valence-electron chi connectivity index (χ1n) is 8.59. The van der Waals surface area contributed by atoms with Crippen LogP contribution in [0.4, 0.5) is 11.4 Å². The monoisotopic (exact) mass is 359 g/mol. The van der Waals surface area contributed by atoms with E-state index in [2.05, 4.69) is 10.5 Å². The molecule has 0 bridgehead atoms. The molecule has 1 N–H and O–H groups in total. The Bertz CT molecular complexity index is 985. The molecule has 1 aliphatic heterocycles. The van der Waals surface area contributed by atoms with Gasteiger partial charge in [-0.2, -0.15) is 5.10 Å². The number of fused-ring (bicyclic) bond motifs is 1. The Morgan fingerprint density at radius 1 is 0.963 bits per heavy atom. The highest BCUT2D eigenvalue weighted by Gasteiger charge is 2.26. The second-order valence-corrected chi connectivity index (χ2v) is 6.19. The molecule has 6 nitrogen and oxygen atoms in total. The van der Waals surface area contributed by atoms with Crippen LogP contribution >= 0.6 is 0 Å². The first-order chi connectivity index (χ1) is 13.2. The molecular weight excluding hydrogens is 342 g/mol. The Labute approximate surface area is 156 Å². The van der Waals surface area contributed by atoms with Crippen molar-refractivity contribution in [2.75, 3.05) is 5.43 Å². The highest BCUT2D eigenvalue weighted by Crippen LogP contribution is 2.35. The molecule has 0 amide bonds. The third kappa shape index (κ3) is 3.64. The molecule has 0 saturated carbocycles. The third-order valence-corrected chi connectivity index (χ3v) is 4.42. The maximum Gasteiger partial charge on any atom is 0.269 e. The fourth-order valence-corrected chi connectivity index (χ4v) is 3.04. The number of hydrogen-bond acceptors (Lipinski definition) is 5. The van der Waals surface area contributed by atoms with Gasteiger partial charge in [0.25, 0.3) is 5.69 Å². The van der Waals surface area contributed by atoms with Gasteiger partial charge in [0.05, 0.1) is 16.3 Å². The maximum absolute atomic E-state index is 10.8. The summed E-state index contributed by atoms with van der Waals surface area (Å²) in [5, 5.41) is 15.3. The maximum atomic E-state index is 10.8. The van der Waals surface area contributed by atoms with Gasteiger partial charge in [0.1, 0.15) is 11.9 Å². The molecule has 1 unspecified atom stereocenters. The lowest BCUT2D eigenvalue weighted by molar-refractivity contribution is -0.384. The topological polar surface area (TPSA) is 76.8 Å². The number of ether oxygens (including phenoxy) is 1. The zero-order valence-corrected chi connectivity index (χ0v) is 14.4. The number of nitro benzene ring substituents is 1. The van der Waals surface area contributed by atoms with Gasteiger partial charge in [-0.3, -0.25) is 15.5 Å². The van der Waals surface area contributed by atoms with Crippen LogP contribution in [0.2, 0.25) is 0 Å². The van der Waals surface area contributed by atoms with Crippen molar-refractivity contribution in [3.05, 3.63) is 100 Å². The van der Waals surface area contributed by atoms with E-state index in [1.54, 1.807) is 12.1 Å². The van der Waals surface area contributed by atoms with Crippen molar-refractivity contribution in [1.82, 2.24) is 0 Å². The average molecular weight is 359 g/mol. The lowest BCUT2D eigenvalue weighted by atomic mass is 9.96. The van der Waals surface area contributed by atoms with Crippen LogP contribution in [-0.4, -0.2) is 10.6 Å². The van der Waals surface area contributed by atoms with Crippen molar-refractivity contribution in [1.29, 1.82) is 0 Å². The van der Waals surface area contributed by atoms with E-state index < -0.39 is 4.92 Å². The molecule has 0 fully saturated rings. The summed E-state index contributed by atoms with van der Waals surface area (Å²) in [7, 11) is 0. The Morgan fingerprint density at radius 3 is 2.41 bits per heavy atom. The summed E-state index contributed by atoms with van der Waals surface area (Å²) in [5.41, 5.74) is 6.66. The lowest BCUT2D eigenvalue weighted by Gasteiger charge is -2.27. The number of nitrogens with zero attached hydrogens (tertiary/aromatic N) is 2. The Morgan fingerprint density at radius 2 is 1.67 bits per heavy atom. The number of nitro groups is 1. The molecule has 0 aromatic heterocycles. The van der Waals surface area contributed by atoms with Crippen LogP contribution < -0.4 is 10.2 Å². The molecule has 3 aromatic carbocycles. The van der Waals surface area contributed by atoms with Crippen LogP contribution in [0, 0.1) is 10.1 Å². The summed E-state index contributed by atoms with van der Waals surface area (Å²) in [6.45, 7) is 0. The zero-order valence-electron chi connectivity index (χ0n) is 14.4. The van der Waals surface area contributed by atoms with E-state index in [-0.39, 0.29) is 11.8 Å². The van der Waals surface area contributed by atoms with Crippen molar-refractivity contribution in [2.24, 2.45) is 5.10 Å². The largest absolute Gasteiger partial charge is 0.485 e. The number of non-ortho nitro benzene ring substituents is 1. The SMILES string of the molecule is O=[N+]([O-])c1ccc(NN=C2CC(c3ccccc3)Oc3ccccc32)cc1. The molecular formula is C21H17N3O3. The molecule has 1 aliphatic rings. The summed E-state index contributed by atoms with van der Waals surface area (Å²) in [6, 6.07) is 24.0. The molecule has 3 aromatic rings. The fourth-order valence-electron chi connectivity index (χ4n) is 3.04. The van der Waals surface area contributed by atoms with Crippen LogP contribution in [0.25, 0.3) is 0 Å². The minimum atomic E-state index is -0.422. The van der Waals surface area contributed by atoms with Crippen molar-refractivity contribution in [3.8, 4) is 5.75 Å². The lowest BCUT2D eigenvalue weighted by Crippen LogP contribution is -2.21. The number of nitrogens with one attached hydrogen (secondary N) is 1. The van der Waals surface area contributed by atoms with E-state index in [4.69, 9.17) is 4.74 Å². The predicted octanol–water partition coefficient (Wildman–Crippen LogP) is 4.93. The quantitative estimate of drug-likeness (QED) is 0.529. The van der Waals surface area contributed by atoms with E-state index in [0.29, 0.717) is 12.1 Å². The first-order valence-corrected chi connectivity index (χ1v) is 8.59. The molecule has 0 spiro atoms. The molecule has 27 heavy (non-hydrogen) atoms. The summed E-state index contributed by atoms with van der Waals surface area (Å²) < 4.78 is 6.16. The molecule has 6 heteroatoms. The first kappa shape index (κ1) is 16.8. The normalized spacial score (nSPS) is 17.0. The molecule has 4 rings (SSSR count). The number of para-hydroxylation sites is 1. The van der Waals surface area contributed by atoms with Gasteiger partial charge in [-0.25, -0.2) is 0 Å². The summed E-state index contributed by atoms with van der Waals surface area (Å²) in [5.74, 6) is 0.793. The van der Waals surface area contributed by atoms with Crippen molar-refractivity contribution >= 4 is 17.1 Å². The minimum Gasteiger partial charge on any atom is -0.485 e. The third-order valence-electron chi connectivity index (χ3n) is 4.42. The standard InChI is InChI=1S/C21H17N3O3/c25-24(26)17-12-10-16(11-13-17)22-23-19-14-21(15-6-2-1-3-7-15)27-20-9-5-4-8-18(19)20/h1-13,21-22H,14H2. The van der Waals surface area contributed by atoms with E-state index in [9.17, 15) is 10.1 Å². The van der Waals surface area contributed by atoms with E-state index in [0.717, 1.165) is 22.6 Å². The van der Waals surface area contributed by atoms with Gasteiger partial charge in [0.2, 0.25) is 0 Å². The van der Waals surface area contributed by atoms with Gasteiger partial charge in [-0.15, -0.1) is 0 Å². The van der Waals surface area contributed by atoms with Gasteiger partial charge in [-0.1, -0.05) is 42.5 Å². The number of hydrazone groups is 1. The van der Waals surface area contributed by atoms with Gasteiger partial charge in [0.15, 0.2) is 0 Å². The molecule has 1 atom stereocenters. The van der Waals surface area contributed by atoms with Crippen LogP contribution in [-0.2, 0) is 0 Å². The van der Waals surface area contributed by atoms with E-state index in [1.165, 1.54) is 12.1 Å². The number of benzene rings is 3. The molecule has 0 radical (unpaired) electrons. The van der Waals surface area contributed by atoms with Gasteiger partial charge in [0, 0.05) is 24.1 Å². The van der Waals surface area contributed by atoms with Crippen LogP contribution in [0.1, 0.15) is 23.7 Å². The van der Waals surface area contributed by atoms with Crippen LogP contribution in [0.5, 0.6) is 5.75 Å². The zero-order chi connectivity index (χ0) is 18.6. The number of anilines is 1. The summed E-state index contributed by atoms with van der Waals surface area (Å²) in [4.78, 5) is 10.3. The van der Waals surface area contributed by atoms with Gasteiger partial charge >= 0.3 is 0 Å². The minimum absolute atomic E-state index is 0.0498. The molecule has 0 aliphatic carbocycles. The Balaban J connectivity index is 1.61. The molecule has 134 valence electrons. The van der Waals surface area contributed by atoms with Crippen LogP contribution in [0.15, 0.2) is 84.0 Å².